The Balaban J connectivity index is 1.75. The number of nitrogens with one attached hydrogen (secondary N) is 1. The molecule has 0 fully saturated rings. The van der Waals surface area contributed by atoms with Gasteiger partial charge in [0, 0.05) is 24.2 Å². The number of amides is 1. The molecule has 0 radical (unpaired) electrons. The van der Waals surface area contributed by atoms with Crippen molar-refractivity contribution in [2.75, 3.05) is 39.7 Å². The normalized spacial score (nSPS) is 11.4. The molecule has 38 heavy (non-hydrogen) atoms. The molecule has 1 aromatic heterocycles. The lowest BCUT2D eigenvalue weighted by molar-refractivity contribution is 0.102. The summed E-state index contributed by atoms with van der Waals surface area (Å²) in [6, 6.07) is 8.94. The number of hydrogen-bond acceptors (Lipinski definition) is 9. The molecule has 0 aliphatic rings. The van der Waals surface area contributed by atoms with Gasteiger partial charge in [-0.2, -0.15) is 4.31 Å². The quantitative estimate of drug-likeness (QED) is 0.308. The molecule has 1 heterocycles. The van der Waals surface area contributed by atoms with Crippen molar-refractivity contribution in [2.45, 2.75) is 44.4 Å². The first-order valence-corrected chi connectivity index (χ1v) is 13.8. The molecule has 2 aromatic carbocycles. The van der Waals surface area contributed by atoms with Gasteiger partial charge in [0.25, 0.3) is 5.91 Å². The zero-order valence-electron chi connectivity index (χ0n) is 22.3. The van der Waals surface area contributed by atoms with Crippen LogP contribution in [0.4, 0.5) is 6.01 Å². The number of sulfonamides is 1. The Morgan fingerprint density at radius 2 is 1.50 bits per heavy atom. The summed E-state index contributed by atoms with van der Waals surface area (Å²) < 4.78 is 49.4. The Morgan fingerprint density at radius 1 is 0.921 bits per heavy atom. The van der Waals surface area contributed by atoms with Crippen LogP contribution in [0.15, 0.2) is 45.7 Å². The number of unbranched alkanes of at least 4 members (excludes halogenated alkanes) is 2. The maximum absolute atomic E-state index is 13.2. The van der Waals surface area contributed by atoms with Gasteiger partial charge >= 0.3 is 6.01 Å². The number of nitrogens with zero attached hydrogens (tertiary/aromatic N) is 3. The molecule has 0 spiro atoms. The van der Waals surface area contributed by atoms with Gasteiger partial charge in [-0.25, -0.2) is 8.42 Å². The first-order chi connectivity index (χ1) is 18.3. The lowest BCUT2D eigenvalue weighted by atomic mass is 10.2. The Morgan fingerprint density at radius 3 is 2.00 bits per heavy atom. The number of benzene rings is 2. The van der Waals surface area contributed by atoms with E-state index in [4.69, 9.17) is 18.6 Å². The third-order valence-corrected chi connectivity index (χ3v) is 7.75. The highest BCUT2D eigenvalue weighted by molar-refractivity contribution is 7.89. The summed E-state index contributed by atoms with van der Waals surface area (Å²) in [7, 11) is 0.820. The van der Waals surface area contributed by atoms with E-state index in [0.717, 1.165) is 25.7 Å². The largest absolute Gasteiger partial charge is 0.493 e. The molecule has 0 unspecified atom stereocenters. The van der Waals surface area contributed by atoms with Crippen molar-refractivity contribution in [3.05, 3.63) is 42.0 Å². The van der Waals surface area contributed by atoms with Gasteiger partial charge in [0.05, 0.1) is 26.2 Å². The van der Waals surface area contributed by atoms with Crippen molar-refractivity contribution in [3.8, 4) is 28.7 Å². The molecule has 11 nitrogen and oxygen atoms in total. The van der Waals surface area contributed by atoms with Crippen molar-refractivity contribution in [1.82, 2.24) is 14.5 Å². The highest BCUT2D eigenvalue weighted by Gasteiger charge is 2.24. The zero-order chi connectivity index (χ0) is 27.7. The summed E-state index contributed by atoms with van der Waals surface area (Å²) in [5.41, 5.74) is 0.739. The van der Waals surface area contributed by atoms with Crippen molar-refractivity contribution in [3.63, 3.8) is 0 Å². The number of aromatic nitrogens is 2. The minimum absolute atomic E-state index is 0.124. The predicted octanol–water partition coefficient (Wildman–Crippen LogP) is 4.61. The summed E-state index contributed by atoms with van der Waals surface area (Å²) >= 11 is 0. The van der Waals surface area contributed by atoms with Crippen LogP contribution in [0.3, 0.4) is 0 Å². The van der Waals surface area contributed by atoms with Gasteiger partial charge in [-0.15, -0.1) is 5.10 Å². The van der Waals surface area contributed by atoms with E-state index < -0.39 is 15.9 Å². The van der Waals surface area contributed by atoms with E-state index in [0.29, 0.717) is 35.9 Å². The van der Waals surface area contributed by atoms with E-state index in [1.165, 1.54) is 49.9 Å². The zero-order valence-corrected chi connectivity index (χ0v) is 23.1. The van der Waals surface area contributed by atoms with Crippen molar-refractivity contribution < 1.29 is 31.8 Å². The van der Waals surface area contributed by atoms with E-state index in [-0.39, 0.29) is 22.4 Å². The van der Waals surface area contributed by atoms with Crippen LogP contribution >= 0.6 is 0 Å². The number of ether oxygens (including phenoxy) is 3. The van der Waals surface area contributed by atoms with E-state index in [9.17, 15) is 13.2 Å². The first-order valence-electron chi connectivity index (χ1n) is 12.3. The maximum Gasteiger partial charge on any atom is 0.322 e. The van der Waals surface area contributed by atoms with Crippen LogP contribution in [-0.2, 0) is 10.0 Å². The SMILES string of the molecule is CCCCN(CCCC)S(=O)(=O)c1ccc(C(=O)Nc2nnc(-c3cc(OC)c(OC)c(OC)c3)o2)cc1. The number of rotatable bonds is 14. The van der Waals surface area contributed by atoms with Crippen LogP contribution in [0, 0.1) is 0 Å². The number of methoxy groups -OCH3 is 3. The van der Waals surface area contributed by atoms with Gasteiger partial charge in [0.1, 0.15) is 0 Å². The predicted molar refractivity (Wildman–Crippen MR) is 142 cm³/mol. The van der Waals surface area contributed by atoms with E-state index in [2.05, 4.69) is 15.5 Å². The molecule has 12 heteroatoms. The van der Waals surface area contributed by atoms with Gasteiger partial charge in [-0.05, 0) is 49.2 Å². The lowest BCUT2D eigenvalue weighted by Crippen LogP contribution is -2.33. The van der Waals surface area contributed by atoms with Crippen LogP contribution in [-0.4, -0.2) is 63.2 Å². The van der Waals surface area contributed by atoms with Crippen LogP contribution in [0.25, 0.3) is 11.5 Å². The summed E-state index contributed by atoms with van der Waals surface area (Å²) in [4.78, 5) is 12.9. The first kappa shape index (κ1) is 28.9. The van der Waals surface area contributed by atoms with E-state index >= 15 is 0 Å². The second kappa shape index (κ2) is 13.2. The maximum atomic E-state index is 13.2. The average Bonchev–Trinajstić information content (AvgIpc) is 3.40. The van der Waals surface area contributed by atoms with Gasteiger partial charge in [0.15, 0.2) is 11.5 Å². The van der Waals surface area contributed by atoms with Crippen LogP contribution < -0.4 is 19.5 Å². The third kappa shape index (κ3) is 6.62. The second-order valence-electron chi connectivity index (χ2n) is 8.42. The molecule has 0 atom stereocenters. The van der Waals surface area contributed by atoms with E-state index in [1.807, 2.05) is 13.8 Å². The fraction of sp³-hybridized carbons (Fsp3) is 0.423. The fourth-order valence-electron chi connectivity index (χ4n) is 3.71. The van der Waals surface area contributed by atoms with Crippen LogP contribution in [0.5, 0.6) is 17.2 Å². The Bertz CT molecular complexity index is 1290. The van der Waals surface area contributed by atoms with Crippen molar-refractivity contribution >= 4 is 21.9 Å². The van der Waals surface area contributed by atoms with Gasteiger partial charge in [-0.3, -0.25) is 10.1 Å². The topological polar surface area (TPSA) is 133 Å². The molecule has 0 bridgehead atoms. The average molecular weight is 547 g/mol. The molecular formula is C26H34N4O7S. The molecule has 0 aliphatic carbocycles. The van der Waals surface area contributed by atoms with Crippen LogP contribution in [0.2, 0.25) is 0 Å². The molecule has 3 aromatic rings. The minimum Gasteiger partial charge on any atom is -0.493 e. The Kier molecular flexibility index (Phi) is 10.1. The Labute approximate surface area is 223 Å². The van der Waals surface area contributed by atoms with Crippen molar-refractivity contribution in [2.24, 2.45) is 0 Å². The molecular weight excluding hydrogens is 512 g/mol. The van der Waals surface area contributed by atoms with Gasteiger partial charge < -0.3 is 18.6 Å². The molecule has 1 N–H and O–H groups in total. The summed E-state index contributed by atoms with van der Waals surface area (Å²) in [5.74, 6) is 0.825. The molecule has 0 aliphatic heterocycles. The second-order valence-corrected chi connectivity index (χ2v) is 10.4. The minimum atomic E-state index is -3.66. The van der Waals surface area contributed by atoms with Crippen molar-refractivity contribution in [1.29, 1.82) is 0 Å². The molecule has 3 rings (SSSR count). The third-order valence-electron chi connectivity index (χ3n) is 5.83. The fourth-order valence-corrected chi connectivity index (χ4v) is 5.23. The van der Waals surface area contributed by atoms with Gasteiger partial charge in [0.2, 0.25) is 21.7 Å². The summed E-state index contributed by atoms with van der Waals surface area (Å²) in [6.07, 6.45) is 3.36. The van der Waals surface area contributed by atoms with E-state index in [1.54, 1.807) is 12.1 Å². The highest BCUT2D eigenvalue weighted by Crippen LogP contribution is 2.41. The molecule has 1 amide bonds. The monoisotopic (exact) mass is 546 g/mol. The standard InChI is InChI=1S/C26H34N4O7S/c1-6-8-14-30(15-9-7-2)38(32,33)20-12-10-18(11-13-20)24(31)27-26-29-28-25(37-26)19-16-21(34-3)23(36-5)22(17-19)35-4/h10-13,16-17H,6-9,14-15H2,1-5H3,(H,27,29,31). The smallest absolute Gasteiger partial charge is 0.322 e. The van der Waals surface area contributed by atoms with Crippen LogP contribution in [0.1, 0.15) is 49.9 Å². The lowest BCUT2D eigenvalue weighted by Gasteiger charge is -2.22. The number of hydrogen-bond donors (Lipinski definition) is 1. The van der Waals surface area contributed by atoms with Gasteiger partial charge in [-0.1, -0.05) is 31.8 Å². The number of carbonyl (C=O) groups is 1. The number of anilines is 1. The summed E-state index contributed by atoms with van der Waals surface area (Å²) in [5, 5.41) is 10.4. The molecule has 0 saturated heterocycles. The summed E-state index contributed by atoms with van der Waals surface area (Å²) in [6.45, 7) is 4.98. The highest BCUT2D eigenvalue weighted by atomic mass is 32.2. The molecule has 206 valence electrons. The molecule has 0 saturated carbocycles. The number of carbonyl (C=O) groups excluding carboxylic acids is 1. The Hall–Kier alpha value is -3.64.